The van der Waals surface area contributed by atoms with Gasteiger partial charge in [0, 0.05) is 12.8 Å². The fourth-order valence-electron chi connectivity index (χ4n) is 4.95. The van der Waals surface area contributed by atoms with Crippen LogP contribution in [0.3, 0.4) is 0 Å². The predicted molar refractivity (Wildman–Crippen MR) is 194 cm³/mol. The molecular weight excluding hydrogens is 649 g/mol. The van der Waals surface area contributed by atoms with Gasteiger partial charge in [-0.2, -0.15) is 0 Å². The number of aliphatic carboxylic acids is 1. The molecule has 0 saturated carbocycles. The summed E-state index contributed by atoms with van der Waals surface area (Å²) in [4.78, 5) is 45.6. The van der Waals surface area contributed by atoms with Gasteiger partial charge in [0.1, 0.15) is 12.7 Å². The molecule has 0 rings (SSSR count). The Labute approximate surface area is 296 Å². The van der Waals surface area contributed by atoms with Crippen LogP contribution >= 0.6 is 7.82 Å². The molecule has 0 bridgehead atoms. The van der Waals surface area contributed by atoms with Gasteiger partial charge in [-0.25, -0.2) is 9.36 Å². The van der Waals surface area contributed by atoms with Gasteiger partial charge in [-0.15, -0.1) is 0 Å². The second kappa shape index (κ2) is 33.1. The average Bonchev–Trinajstić information content (AvgIpc) is 3.07. The molecule has 0 aromatic heterocycles. The number of rotatable bonds is 35. The molecule has 4 N–H and O–H groups in total. The second-order valence-corrected chi connectivity index (χ2v) is 14.2. The van der Waals surface area contributed by atoms with Gasteiger partial charge < -0.3 is 25.2 Å². The van der Waals surface area contributed by atoms with Crippen LogP contribution in [-0.4, -0.2) is 64.9 Å². The highest BCUT2D eigenvalue weighted by Crippen LogP contribution is 2.43. The first-order valence-electron chi connectivity index (χ1n) is 18.9. The molecule has 0 fully saturated rings. The maximum Gasteiger partial charge on any atom is 0.472 e. The number of carboxylic acid groups (broad SMARTS) is 1. The van der Waals surface area contributed by atoms with Gasteiger partial charge >= 0.3 is 19.8 Å². The van der Waals surface area contributed by atoms with Crippen molar-refractivity contribution in [2.75, 3.05) is 19.8 Å². The Morgan fingerprint density at radius 1 is 0.633 bits per heavy atom. The normalized spacial score (nSPS) is 14.2. The number of phosphoric acid groups is 1. The number of aliphatic hydroxyl groups excluding tert-OH is 1. The highest BCUT2D eigenvalue weighted by molar-refractivity contribution is 7.47. The van der Waals surface area contributed by atoms with E-state index in [1.807, 2.05) is 0 Å². The number of nitrogens with one attached hydrogen (secondary N) is 1. The SMILES string of the molecule is CCCCC/C=C\CCCCCCCC(=O)OCC(O)COP(=O)(O)OCC(NC(=O)CCCCCCC/C=C\CCCCCC)C(=O)O. The molecule has 286 valence electrons. The van der Waals surface area contributed by atoms with E-state index in [1.54, 1.807) is 0 Å². The quantitative estimate of drug-likeness (QED) is 0.0215. The van der Waals surface area contributed by atoms with Crippen LogP contribution in [0.5, 0.6) is 0 Å². The molecule has 0 aliphatic heterocycles. The summed E-state index contributed by atoms with van der Waals surface area (Å²) >= 11 is 0. The Bertz CT molecular complexity index is 942. The largest absolute Gasteiger partial charge is 0.480 e. The molecule has 0 spiro atoms. The number of unbranched alkanes of at least 4 members (excludes halogenated alkanes) is 17. The van der Waals surface area contributed by atoms with Crippen molar-refractivity contribution in [3.63, 3.8) is 0 Å². The molecule has 3 unspecified atom stereocenters. The summed E-state index contributed by atoms with van der Waals surface area (Å²) in [5.41, 5.74) is 0. The molecule has 0 aliphatic carbocycles. The summed E-state index contributed by atoms with van der Waals surface area (Å²) in [5.74, 6) is -2.40. The van der Waals surface area contributed by atoms with Gasteiger partial charge in [-0.05, 0) is 64.2 Å². The second-order valence-electron chi connectivity index (χ2n) is 12.8. The average molecular weight is 718 g/mol. The van der Waals surface area contributed by atoms with Gasteiger partial charge in [0.2, 0.25) is 5.91 Å². The van der Waals surface area contributed by atoms with Crippen LogP contribution in [0.25, 0.3) is 0 Å². The maximum atomic E-state index is 12.2. The number of carbonyl (C=O) groups is 3. The van der Waals surface area contributed by atoms with Crippen LogP contribution in [0.2, 0.25) is 0 Å². The van der Waals surface area contributed by atoms with E-state index in [4.69, 9.17) is 13.8 Å². The van der Waals surface area contributed by atoms with Crippen LogP contribution in [-0.2, 0) is 32.7 Å². The number of phosphoric ester groups is 1. The van der Waals surface area contributed by atoms with Crippen molar-refractivity contribution in [1.29, 1.82) is 0 Å². The lowest BCUT2D eigenvalue weighted by atomic mass is 10.1. The summed E-state index contributed by atoms with van der Waals surface area (Å²) in [7, 11) is -4.75. The molecular formula is C37H68NO10P. The van der Waals surface area contributed by atoms with E-state index in [2.05, 4.69) is 43.5 Å². The Morgan fingerprint density at radius 2 is 1.06 bits per heavy atom. The van der Waals surface area contributed by atoms with Gasteiger partial charge in [0.05, 0.1) is 13.2 Å². The topological polar surface area (TPSA) is 169 Å². The first-order chi connectivity index (χ1) is 23.6. The molecule has 3 atom stereocenters. The molecule has 0 aromatic carbocycles. The number of hydrogen-bond acceptors (Lipinski definition) is 8. The fraction of sp³-hybridized carbons (Fsp3) is 0.811. The first kappa shape index (κ1) is 47.0. The zero-order valence-electron chi connectivity index (χ0n) is 30.5. The monoisotopic (exact) mass is 717 g/mol. The van der Waals surface area contributed by atoms with Crippen molar-refractivity contribution < 1.29 is 47.8 Å². The standard InChI is InChI=1S/C37H68NO10P/c1-3-5-7-9-11-13-15-17-18-20-22-24-26-28-35(40)38-34(37(42)43)32-48-49(44,45)47-31-33(39)30-46-36(41)29-27-25-23-21-19-16-14-12-10-8-6-4-2/h12-15,33-34,39H,3-11,16-32H2,1-2H3,(H,38,40)(H,42,43)(H,44,45)/b14-12-,15-13-. The molecule has 0 heterocycles. The van der Waals surface area contributed by atoms with E-state index in [0.29, 0.717) is 12.8 Å². The van der Waals surface area contributed by atoms with Crippen LogP contribution < -0.4 is 5.32 Å². The van der Waals surface area contributed by atoms with Gasteiger partial charge in [0.15, 0.2) is 6.04 Å². The predicted octanol–water partition coefficient (Wildman–Crippen LogP) is 8.72. The van der Waals surface area contributed by atoms with Crippen LogP contribution in [0.4, 0.5) is 0 Å². The lowest BCUT2D eigenvalue weighted by Crippen LogP contribution is -2.43. The maximum absolute atomic E-state index is 12.2. The molecule has 0 aliphatic rings. The molecule has 0 saturated heterocycles. The number of amides is 1. The van der Waals surface area contributed by atoms with E-state index in [-0.39, 0.29) is 12.8 Å². The zero-order chi connectivity index (χ0) is 36.4. The summed E-state index contributed by atoms with van der Waals surface area (Å²) < 4.78 is 26.7. The third kappa shape index (κ3) is 32.9. The number of allylic oxidation sites excluding steroid dienone is 4. The van der Waals surface area contributed by atoms with Crippen molar-refractivity contribution >= 4 is 25.7 Å². The minimum Gasteiger partial charge on any atom is -0.480 e. The van der Waals surface area contributed by atoms with Crippen molar-refractivity contribution in [3.8, 4) is 0 Å². The molecule has 49 heavy (non-hydrogen) atoms. The zero-order valence-corrected chi connectivity index (χ0v) is 31.4. The molecule has 1 amide bonds. The van der Waals surface area contributed by atoms with Crippen molar-refractivity contribution in [1.82, 2.24) is 5.32 Å². The van der Waals surface area contributed by atoms with Crippen molar-refractivity contribution in [2.24, 2.45) is 0 Å². The molecule has 12 heteroatoms. The Hall–Kier alpha value is -2.04. The highest BCUT2D eigenvalue weighted by atomic mass is 31.2. The minimum atomic E-state index is -4.75. The summed E-state index contributed by atoms with van der Waals surface area (Å²) in [5, 5.41) is 21.7. The van der Waals surface area contributed by atoms with Crippen LogP contribution in [0, 0.1) is 0 Å². The summed E-state index contributed by atoms with van der Waals surface area (Å²) in [6, 6.07) is -1.55. The van der Waals surface area contributed by atoms with Gasteiger partial charge in [-0.1, -0.05) is 109 Å². The summed E-state index contributed by atoms with van der Waals surface area (Å²) in [6.07, 6.45) is 30.7. The Morgan fingerprint density at radius 3 is 1.59 bits per heavy atom. The van der Waals surface area contributed by atoms with Crippen LogP contribution in [0.1, 0.15) is 162 Å². The van der Waals surface area contributed by atoms with Gasteiger partial charge in [0.25, 0.3) is 0 Å². The van der Waals surface area contributed by atoms with Crippen molar-refractivity contribution in [2.45, 2.75) is 174 Å². The lowest BCUT2D eigenvalue weighted by Gasteiger charge is -2.18. The number of carbonyl (C=O) groups excluding carboxylic acids is 2. The van der Waals surface area contributed by atoms with E-state index in [0.717, 1.165) is 77.0 Å². The van der Waals surface area contributed by atoms with Crippen molar-refractivity contribution in [3.05, 3.63) is 24.3 Å². The summed E-state index contributed by atoms with van der Waals surface area (Å²) in [6.45, 7) is 2.51. The van der Waals surface area contributed by atoms with E-state index < -0.39 is 57.6 Å². The lowest BCUT2D eigenvalue weighted by molar-refractivity contribution is -0.147. The van der Waals surface area contributed by atoms with E-state index >= 15 is 0 Å². The fourth-order valence-corrected chi connectivity index (χ4v) is 5.72. The number of hydrogen-bond donors (Lipinski definition) is 4. The number of carboxylic acids is 1. The smallest absolute Gasteiger partial charge is 0.472 e. The Kier molecular flexibility index (Phi) is 31.7. The minimum absolute atomic E-state index is 0.136. The molecule has 0 radical (unpaired) electrons. The van der Waals surface area contributed by atoms with Gasteiger partial charge in [-0.3, -0.25) is 18.6 Å². The molecule has 0 aromatic rings. The first-order valence-corrected chi connectivity index (χ1v) is 20.4. The highest BCUT2D eigenvalue weighted by Gasteiger charge is 2.28. The number of ether oxygens (including phenoxy) is 1. The third-order valence-electron chi connectivity index (χ3n) is 7.96. The number of esters is 1. The van der Waals surface area contributed by atoms with E-state index in [1.165, 1.54) is 44.9 Å². The molecule has 11 nitrogen and oxygen atoms in total. The van der Waals surface area contributed by atoms with E-state index in [9.17, 15) is 34.1 Å². The number of aliphatic hydroxyl groups is 1. The van der Waals surface area contributed by atoms with Crippen LogP contribution in [0.15, 0.2) is 24.3 Å². The Balaban J connectivity index is 4.00. The third-order valence-corrected chi connectivity index (χ3v) is 8.91.